The molecule has 1 saturated heterocycles. The van der Waals surface area contributed by atoms with Crippen molar-refractivity contribution >= 4 is 29.1 Å². The molecule has 0 aromatic heterocycles. The Morgan fingerprint density at radius 1 is 1.19 bits per heavy atom. The molecular weight excluding hydrogens is 356 g/mol. The lowest BCUT2D eigenvalue weighted by Gasteiger charge is -2.17. The van der Waals surface area contributed by atoms with Crippen LogP contribution in [0.5, 0.6) is 11.5 Å². The summed E-state index contributed by atoms with van der Waals surface area (Å²) in [4.78, 5) is 26.3. The third-order valence-electron chi connectivity index (χ3n) is 4.51. The Hall–Kier alpha value is -2.73. The van der Waals surface area contributed by atoms with Crippen LogP contribution in [0.1, 0.15) is 16.8 Å². The van der Waals surface area contributed by atoms with Crippen LogP contribution in [0.25, 0.3) is 0 Å². The number of amides is 2. The largest absolute Gasteiger partial charge is 0.454 e. The maximum absolute atomic E-state index is 12.4. The zero-order valence-electron chi connectivity index (χ0n) is 13.9. The number of carbonyl (C=O) groups is 2. The van der Waals surface area contributed by atoms with E-state index in [1.807, 2.05) is 12.1 Å². The van der Waals surface area contributed by atoms with E-state index in [4.69, 9.17) is 21.1 Å². The second-order valence-electron chi connectivity index (χ2n) is 6.33. The first-order chi connectivity index (χ1) is 12.6. The van der Waals surface area contributed by atoms with Gasteiger partial charge in [0.15, 0.2) is 11.5 Å². The molecule has 0 saturated carbocycles. The fraction of sp³-hybridized carbons (Fsp3) is 0.263. The monoisotopic (exact) mass is 372 g/mol. The minimum Gasteiger partial charge on any atom is -0.454 e. The molecule has 2 aliphatic heterocycles. The number of fused-ring (bicyclic) bond motifs is 1. The third kappa shape index (κ3) is 3.32. The Morgan fingerprint density at radius 3 is 2.88 bits per heavy atom. The molecule has 26 heavy (non-hydrogen) atoms. The summed E-state index contributed by atoms with van der Waals surface area (Å²) in [5.41, 5.74) is 1.29. The number of nitrogens with one attached hydrogen (secondary N) is 1. The maximum atomic E-state index is 12.4. The van der Waals surface area contributed by atoms with E-state index in [1.165, 1.54) is 0 Å². The minimum absolute atomic E-state index is 0.0332. The molecule has 7 heteroatoms. The van der Waals surface area contributed by atoms with Crippen LogP contribution in [0.4, 0.5) is 5.69 Å². The molecule has 6 nitrogen and oxygen atoms in total. The molecule has 2 amide bonds. The van der Waals surface area contributed by atoms with Gasteiger partial charge in [0.2, 0.25) is 12.7 Å². The standard InChI is InChI=1S/C19H17ClN2O4/c20-14-3-1-2-13(7-14)19(24)21-9-12-6-18(23)22(10-12)15-4-5-16-17(8-15)26-11-25-16/h1-5,7-8,12H,6,9-11H2,(H,21,24). The van der Waals surface area contributed by atoms with Gasteiger partial charge in [-0.2, -0.15) is 0 Å². The van der Waals surface area contributed by atoms with Gasteiger partial charge in [0.05, 0.1) is 0 Å². The number of benzene rings is 2. The lowest BCUT2D eigenvalue weighted by atomic mass is 10.1. The predicted octanol–water partition coefficient (Wildman–Crippen LogP) is 2.85. The van der Waals surface area contributed by atoms with Crippen molar-refractivity contribution in [1.29, 1.82) is 0 Å². The summed E-state index contributed by atoms with van der Waals surface area (Å²) >= 11 is 5.91. The lowest BCUT2D eigenvalue weighted by Crippen LogP contribution is -2.31. The van der Waals surface area contributed by atoms with E-state index < -0.39 is 0 Å². The normalized spacial score (nSPS) is 18.3. The third-order valence-corrected chi connectivity index (χ3v) is 4.75. The van der Waals surface area contributed by atoms with E-state index in [1.54, 1.807) is 35.2 Å². The second kappa shape index (κ2) is 6.88. The lowest BCUT2D eigenvalue weighted by molar-refractivity contribution is -0.117. The molecule has 2 aliphatic rings. The number of anilines is 1. The van der Waals surface area contributed by atoms with Gasteiger partial charge < -0.3 is 19.7 Å². The second-order valence-corrected chi connectivity index (χ2v) is 6.77. The van der Waals surface area contributed by atoms with Crippen molar-refractivity contribution < 1.29 is 19.1 Å². The Labute approximate surface area is 155 Å². The molecule has 0 radical (unpaired) electrons. The number of hydrogen-bond donors (Lipinski definition) is 1. The average Bonchev–Trinajstić information content (AvgIpc) is 3.25. The van der Waals surface area contributed by atoms with Crippen molar-refractivity contribution in [3.05, 3.63) is 53.1 Å². The summed E-state index contributed by atoms with van der Waals surface area (Å²) in [6, 6.07) is 12.2. The van der Waals surface area contributed by atoms with E-state index in [9.17, 15) is 9.59 Å². The highest BCUT2D eigenvalue weighted by Crippen LogP contribution is 2.37. The molecule has 1 unspecified atom stereocenters. The first-order valence-corrected chi connectivity index (χ1v) is 8.72. The van der Waals surface area contributed by atoms with E-state index >= 15 is 0 Å². The molecule has 1 N–H and O–H groups in total. The van der Waals surface area contributed by atoms with Gasteiger partial charge in [0.1, 0.15) is 0 Å². The average molecular weight is 373 g/mol. The van der Waals surface area contributed by atoms with Crippen LogP contribution in [0, 0.1) is 5.92 Å². The quantitative estimate of drug-likeness (QED) is 0.896. The zero-order valence-corrected chi connectivity index (χ0v) is 14.7. The first-order valence-electron chi connectivity index (χ1n) is 8.34. The highest BCUT2D eigenvalue weighted by atomic mass is 35.5. The van der Waals surface area contributed by atoms with Crippen LogP contribution < -0.4 is 19.7 Å². The van der Waals surface area contributed by atoms with Crippen LogP contribution in [0.15, 0.2) is 42.5 Å². The van der Waals surface area contributed by atoms with E-state index in [2.05, 4.69) is 5.32 Å². The Balaban J connectivity index is 1.38. The molecule has 0 aliphatic carbocycles. The number of nitrogens with zero attached hydrogens (tertiary/aromatic N) is 1. The van der Waals surface area contributed by atoms with Crippen LogP contribution in [-0.4, -0.2) is 31.7 Å². The summed E-state index contributed by atoms with van der Waals surface area (Å²) < 4.78 is 10.7. The molecule has 2 heterocycles. The van der Waals surface area contributed by atoms with Gasteiger partial charge in [0.25, 0.3) is 5.91 Å². The van der Waals surface area contributed by atoms with Gasteiger partial charge in [-0.05, 0) is 30.3 Å². The molecular formula is C19H17ClN2O4. The first kappa shape index (κ1) is 16.7. The molecule has 4 rings (SSSR count). The van der Waals surface area contributed by atoms with Gasteiger partial charge in [-0.3, -0.25) is 9.59 Å². The fourth-order valence-electron chi connectivity index (χ4n) is 3.19. The minimum atomic E-state index is -0.193. The van der Waals surface area contributed by atoms with Gasteiger partial charge in [-0.15, -0.1) is 0 Å². The molecule has 2 aromatic carbocycles. The van der Waals surface area contributed by atoms with Crippen molar-refractivity contribution in [1.82, 2.24) is 5.32 Å². The SMILES string of the molecule is O=C(NCC1CC(=O)N(c2ccc3c(c2)OCO3)C1)c1cccc(Cl)c1. The van der Waals surface area contributed by atoms with E-state index in [0.29, 0.717) is 41.6 Å². The topological polar surface area (TPSA) is 67.9 Å². The summed E-state index contributed by atoms with van der Waals surface area (Å²) in [5.74, 6) is 1.22. The predicted molar refractivity (Wildman–Crippen MR) is 96.8 cm³/mol. The summed E-state index contributed by atoms with van der Waals surface area (Å²) in [7, 11) is 0. The Kier molecular flexibility index (Phi) is 4.42. The van der Waals surface area contributed by atoms with E-state index in [0.717, 1.165) is 5.69 Å². The highest BCUT2D eigenvalue weighted by molar-refractivity contribution is 6.30. The van der Waals surface area contributed by atoms with Gasteiger partial charge in [-0.1, -0.05) is 17.7 Å². The van der Waals surface area contributed by atoms with Crippen molar-refractivity contribution in [2.75, 3.05) is 24.8 Å². The molecule has 2 aromatic rings. The van der Waals surface area contributed by atoms with Gasteiger partial charge in [0, 0.05) is 47.8 Å². The Morgan fingerprint density at radius 2 is 2.04 bits per heavy atom. The summed E-state index contributed by atoms with van der Waals surface area (Å²) in [6.45, 7) is 1.18. The van der Waals surface area contributed by atoms with Crippen molar-refractivity contribution in [2.45, 2.75) is 6.42 Å². The van der Waals surface area contributed by atoms with Crippen molar-refractivity contribution in [3.63, 3.8) is 0 Å². The van der Waals surface area contributed by atoms with Crippen LogP contribution in [0.3, 0.4) is 0 Å². The molecule has 0 spiro atoms. The smallest absolute Gasteiger partial charge is 0.251 e. The molecule has 1 atom stereocenters. The number of carbonyl (C=O) groups excluding carboxylic acids is 2. The number of hydrogen-bond acceptors (Lipinski definition) is 4. The van der Waals surface area contributed by atoms with Crippen LogP contribution >= 0.6 is 11.6 Å². The van der Waals surface area contributed by atoms with E-state index in [-0.39, 0.29) is 24.5 Å². The van der Waals surface area contributed by atoms with Crippen LogP contribution in [-0.2, 0) is 4.79 Å². The number of halogens is 1. The fourth-order valence-corrected chi connectivity index (χ4v) is 3.38. The molecule has 1 fully saturated rings. The summed E-state index contributed by atoms with van der Waals surface area (Å²) in [5, 5.41) is 3.40. The highest BCUT2D eigenvalue weighted by Gasteiger charge is 2.31. The van der Waals surface area contributed by atoms with Gasteiger partial charge >= 0.3 is 0 Å². The Bertz CT molecular complexity index is 870. The number of rotatable bonds is 4. The van der Waals surface area contributed by atoms with Crippen molar-refractivity contribution in [3.8, 4) is 11.5 Å². The maximum Gasteiger partial charge on any atom is 0.251 e. The number of ether oxygens (including phenoxy) is 2. The van der Waals surface area contributed by atoms with Gasteiger partial charge in [-0.25, -0.2) is 0 Å². The molecule has 0 bridgehead atoms. The van der Waals surface area contributed by atoms with Crippen LogP contribution in [0.2, 0.25) is 5.02 Å². The summed E-state index contributed by atoms with van der Waals surface area (Å²) in [6.07, 6.45) is 0.393. The zero-order chi connectivity index (χ0) is 18.1. The van der Waals surface area contributed by atoms with Crippen molar-refractivity contribution in [2.24, 2.45) is 5.92 Å². The molecule has 134 valence electrons.